The zero-order valence-electron chi connectivity index (χ0n) is 16.7. The number of nitrogens with two attached hydrogens (primary N) is 1. The topological polar surface area (TPSA) is 186 Å². The van der Waals surface area contributed by atoms with Crippen molar-refractivity contribution in [2.24, 2.45) is 10.5 Å². The summed E-state index contributed by atoms with van der Waals surface area (Å²) in [5.41, 5.74) is 5.56. The highest BCUT2D eigenvalue weighted by Gasteiger charge is 2.28. The van der Waals surface area contributed by atoms with Crippen molar-refractivity contribution in [3.63, 3.8) is 0 Å². The highest BCUT2D eigenvalue weighted by Crippen LogP contribution is 2.50. The van der Waals surface area contributed by atoms with Crippen molar-refractivity contribution >= 4 is 32.0 Å². The van der Waals surface area contributed by atoms with Gasteiger partial charge in [-0.05, 0) is 27.7 Å². The lowest BCUT2D eigenvalue weighted by atomic mass is 10.5. The Kier molecular flexibility index (Phi) is 11.7. The maximum absolute atomic E-state index is 12.7. The first kappa shape index (κ1) is 26.4. The van der Waals surface area contributed by atoms with Crippen LogP contribution in [0.2, 0.25) is 0 Å². The van der Waals surface area contributed by atoms with Gasteiger partial charge in [0.2, 0.25) is 19.5 Å². The first-order chi connectivity index (χ1) is 13.3. The molecule has 0 aliphatic carbocycles. The number of hydrogen-bond acceptors (Lipinski definition) is 10. The van der Waals surface area contributed by atoms with E-state index < -0.39 is 64.3 Å². The second-order valence-corrected chi connectivity index (χ2v) is 7.45. The number of hydrogen-bond donors (Lipinski definition) is 2. The van der Waals surface area contributed by atoms with Crippen molar-refractivity contribution in [3.05, 3.63) is 0 Å². The smallest absolute Gasteiger partial charge is 0.480 e. The van der Waals surface area contributed by atoms with Crippen LogP contribution in [0.5, 0.6) is 0 Å². The molecule has 0 atom stereocenters. The van der Waals surface area contributed by atoms with E-state index >= 15 is 0 Å². The number of carboxylic acids is 1. The summed E-state index contributed by atoms with van der Waals surface area (Å²) in [6.45, 7) is 3.93. The molecule has 0 aromatic carbocycles. The highest BCUT2D eigenvalue weighted by atomic mass is 31.2. The second kappa shape index (κ2) is 12.8. The molecular weight excluding hydrogens is 417 g/mol. The van der Waals surface area contributed by atoms with E-state index in [-0.39, 0.29) is 0 Å². The van der Waals surface area contributed by atoms with Gasteiger partial charge in [0, 0.05) is 7.05 Å². The van der Waals surface area contributed by atoms with Crippen molar-refractivity contribution in [1.29, 1.82) is 0 Å². The third-order valence-corrected chi connectivity index (χ3v) is 3.75. The number of guanidine groups is 1. The van der Waals surface area contributed by atoms with Gasteiger partial charge in [0.1, 0.15) is 6.54 Å². The van der Waals surface area contributed by atoms with Crippen molar-refractivity contribution in [1.82, 2.24) is 4.90 Å². The van der Waals surface area contributed by atoms with Gasteiger partial charge < -0.3 is 34.7 Å². The molecule has 0 aromatic rings. The third kappa shape index (κ3) is 13.3. The molecule has 0 fully saturated rings. The van der Waals surface area contributed by atoms with Crippen LogP contribution in [-0.4, -0.2) is 73.6 Å². The van der Waals surface area contributed by atoms with E-state index in [2.05, 4.69) is 23.7 Å². The lowest BCUT2D eigenvalue weighted by molar-refractivity contribution is -0.137. The van der Waals surface area contributed by atoms with E-state index in [1.54, 1.807) is 27.7 Å². The van der Waals surface area contributed by atoms with Crippen LogP contribution in [0.3, 0.4) is 0 Å². The average molecular weight is 443 g/mol. The SMILES string of the molecule is CC(C)OC(=O)OCOP(=O)(/N=C(\N)N(C)CC(=O)O)OCOC(=O)OC(C)C. The first-order valence-corrected chi connectivity index (χ1v) is 9.68. The number of carbonyl (C=O) groups is 3. The molecule has 0 rings (SSSR count). The lowest BCUT2D eigenvalue weighted by Gasteiger charge is -2.19. The maximum atomic E-state index is 12.7. The van der Waals surface area contributed by atoms with Crippen molar-refractivity contribution in [3.8, 4) is 0 Å². The molecule has 0 unspecified atom stereocenters. The molecule has 0 amide bonds. The third-order valence-electron chi connectivity index (χ3n) is 2.44. The molecule has 0 aliphatic rings. The number of likely N-dealkylation sites (N-methyl/N-ethyl adjacent to an activating group) is 1. The van der Waals surface area contributed by atoms with E-state index in [0.717, 1.165) is 4.90 Å². The van der Waals surface area contributed by atoms with Crippen LogP contribution < -0.4 is 5.73 Å². The highest BCUT2D eigenvalue weighted by molar-refractivity contribution is 7.52. The summed E-state index contributed by atoms with van der Waals surface area (Å²) in [7, 11) is -3.24. The van der Waals surface area contributed by atoms with E-state index in [1.165, 1.54) is 7.05 Å². The van der Waals surface area contributed by atoms with Crippen LogP contribution in [0.1, 0.15) is 27.7 Å². The number of ether oxygens (including phenoxy) is 4. The Balaban J connectivity index is 5.05. The predicted molar refractivity (Wildman–Crippen MR) is 96.8 cm³/mol. The average Bonchev–Trinajstić information content (AvgIpc) is 2.52. The first-order valence-electron chi connectivity index (χ1n) is 8.19. The van der Waals surface area contributed by atoms with Gasteiger partial charge in [-0.3, -0.25) is 13.8 Å². The van der Waals surface area contributed by atoms with Gasteiger partial charge in [0.25, 0.3) is 0 Å². The molecule has 15 heteroatoms. The van der Waals surface area contributed by atoms with E-state index in [4.69, 9.17) is 19.9 Å². The Morgan fingerprint density at radius 3 is 1.76 bits per heavy atom. The van der Waals surface area contributed by atoms with E-state index in [1.807, 2.05) is 0 Å². The summed E-state index contributed by atoms with van der Waals surface area (Å²) in [5, 5.41) is 8.75. The Morgan fingerprint density at radius 2 is 1.41 bits per heavy atom. The fraction of sp³-hybridized carbons (Fsp3) is 0.714. The summed E-state index contributed by atoms with van der Waals surface area (Å²) in [6.07, 6.45) is -3.15. The zero-order valence-corrected chi connectivity index (χ0v) is 17.6. The van der Waals surface area contributed by atoms with Crippen LogP contribution in [0.25, 0.3) is 0 Å². The molecule has 0 saturated heterocycles. The molecule has 29 heavy (non-hydrogen) atoms. The minimum absolute atomic E-state index is 0.468. The van der Waals surface area contributed by atoms with Gasteiger partial charge >= 0.3 is 26.0 Å². The largest absolute Gasteiger partial charge is 0.510 e. The van der Waals surface area contributed by atoms with Gasteiger partial charge in [-0.15, -0.1) is 4.76 Å². The molecular formula is C14H26N3O11P. The van der Waals surface area contributed by atoms with Crippen molar-refractivity contribution < 1.29 is 52.1 Å². The lowest BCUT2D eigenvalue weighted by Crippen LogP contribution is -2.37. The van der Waals surface area contributed by atoms with Crippen molar-refractivity contribution in [2.75, 3.05) is 27.2 Å². The summed E-state index contributed by atoms with van der Waals surface area (Å²) in [6, 6.07) is 0. The van der Waals surface area contributed by atoms with Crippen LogP contribution >= 0.6 is 7.75 Å². The number of rotatable bonds is 11. The van der Waals surface area contributed by atoms with Crippen LogP contribution in [0.4, 0.5) is 9.59 Å². The Bertz CT molecular complexity index is 606. The Labute approximate surface area is 167 Å². The van der Waals surface area contributed by atoms with Gasteiger partial charge in [-0.25, -0.2) is 14.2 Å². The molecule has 0 heterocycles. The monoisotopic (exact) mass is 443 g/mol. The number of carbonyl (C=O) groups excluding carboxylic acids is 2. The van der Waals surface area contributed by atoms with Crippen LogP contribution in [0.15, 0.2) is 4.76 Å². The molecule has 0 bridgehead atoms. The summed E-state index contributed by atoms with van der Waals surface area (Å²) < 4.78 is 44.2. The molecule has 168 valence electrons. The fourth-order valence-electron chi connectivity index (χ4n) is 1.32. The van der Waals surface area contributed by atoms with Crippen LogP contribution in [0, 0.1) is 0 Å². The molecule has 3 N–H and O–H groups in total. The molecule has 0 aromatic heterocycles. The van der Waals surface area contributed by atoms with Gasteiger partial charge in [0.15, 0.2) is 0 Å². The summed E-state index contributed by atoms with van der Waals surface area (Å²) >= 11 is 0. The molecule has 0 radical (unpaired) electrons. The molecule has 0 saturated carbocycles. The minimum atomic E-state index is -4.49. The van der Waals surface area contributed by atoms with Crippen molar-refractivity contribution in [2.45, 2.75) is 39.9 Å². The molecule has 0 spiro atoms. The summed E-state index contributed by atoms with van der Waals surface area (Å²) in [5.74, 6) is -1.76. The molecule has 0 aliphatic heterocycles. The predicted octanol–water partition coefficient (Wildman–Crippen LogP) is 1.50. The van der Waals surface area contributed by atoms with Gasteiger partial charge in [-0.2, -0.15) is 0 Å². The zero-order chi connectivity index (χ0) is 22.6. The standard InChI is InChI=1S/C14H26N3O11P/c1-9(2)27-13(20)23-7-25-29(22,16-12(15)17(5)6-11(18)19)26-8-24-14(21)28-10(3)4/h9-10H,6-8H2,1-5H3,(H,18,19)(H2,15,16,22). The van der Waals surface area contributed by atoms with Crippen LogP contribution in [-0.2, 0) is 37.4 Å². The maximum Gasteiger partial charge on any atom is 0.510 e. The Morgan fingerprint density at radius 1 is 1.00 bits per heavy atom. The minimum Gasteiger partial charge on any atom is -0.480 e. The summed E-state index contributed by atoms with van der Waals surface area (Å²) in [4.78, 5) is 34.3. The fourth-order valence-corrected chi connectivity index (χ4v) is 2.28. The quantitative estimate of drug-likeness (QED) is 0.154. The van der Waals surface area contributed by atoms with Gasteiger partial charge in [0.05, 0.1) is 12.2 Å². The van der Waals surface area contributed by atoms with E-state index in [0.29, 0.717) is 0 Å². The molecule has 14 nitrogen and oxygen atoms in total. The number of carboxylic acid groups (broad SMARTS) is 1. The van der Waals surface area contributed by atoms with Gasteiger partial charge in [-0.1, -0.05) is 0 Å². The normalized spacial score (nSPS) is 11.9. The van der Waals surface area contributed by atoms with E-state index in [9.17, 15) is 18.9 Å². The Hall–Kier alpha value is -2.57. The number of aliphatic carboxylic acids is 1. The second-order valence-electron chi connectivity index (χ2n) is 5.79. The number of nitrogens with zero attached hydrogens (tertiary/aromatic N) is 2.